The minimum atomic E-state index is -0.663. The standard InChI is InChI=1S/C8H6BrClO3/c1-13-8(12)6-5(10)3-2-4(9)7(6)11/h2-3,11H,1H3. The molecule has 70 valence electrons. The molecule has 1 aromatic carbocycles. The number of hydrogen-bond donors (Lipinski definition) is 1. The van der Waals surface area contributed by atoms with Crippen molar-refractivity contribution in [1.29, 1.82) is 0 Å². The van der Waals surface area contributed by atoms with E-state index in [0.29, 0.717) is 4.47 Å². The van der Waals surface area contributed by atoms with Crippen LogP contribution in [0.15, 0.2) is 16.6 Å². The molecule has 0 aliphatic carbocycles. The van der Waals surface area contributed by atoms with Gasteiger partial charge in [-0.3, -0.25) is 0 Å². The van der Waals surface area contributed by atoms with Gasteiger partial charge in [0.1, 0.15) is 11.3 Å². The highest BCUT2D eigenvalue weighted by Crippen LogP contribution is 2.33. The molecule has 0 radical (unpaired) electrons. The summed E-state index contributed by atoms with van der Waals surface area (Å²) in [7, 11) is 1.22. The molecular weight excluding hydrogens is 259 g/mol. The number of aromatic hydroxyl groups is 1. The molecule has 5 heteroatoms. The highest BCUT2D eigenvalue weighted by Gasteiger charge is 2.17. The fourth-order valence-corrected chi connectivity index (χ4v) is 1.40. The van der Waals surface area contributed by atoms with Crippen molar-refractivity contribution in [2.24, 2.45) is 0 Å². The molecule has 0 aliphatic rings. The fraction of sp³-hybridized carbons (Fsp3) is 0.125. The lowest BCUT2D eigenvalue weighted by atomic mass is 10.2. The Hall–Kier alpha value is -0.740. The Morgan fingerprint density at radius 3 is 2.77 bits per heavy atom. The van der Waals surface area contributed by atoms with Crippen LogP contribution in [0.4, 0.5) is 0 Å². The predicted octanol–water partition coefficient (Wildman–Crippen LogP) is 2.59. The van der Waals surface area contributed by atoms with Crippen molar-refractivity contribution in [3.05, 3.63) is 27.2 Å². The molecule has 0 saturated heterocycles. The van der Waals surface area contributed by atoms with Crippen LogP contribution >= 0.6 is 27.5 Å². The molecule has 0 aliphatic heterocycles. The van der Waals surface area contributed by atoms with E-state index in [1.54, 1.807) is 6.07 Å². The van der Waals surface area contributed by atoms with Crippen LogP contribution in [0.5, 0.6) is 5.75 Å². The molecule has 3 nitrogen and oxygen atoms in total. The van der Waals surface area contributed by atoms with Gasteiger partial charge in [0, 0.05) is 0 Å². The first-order chi connectivity index (χ1) is 6.07. The van der Waals surface area contributed by atoms with Gasteiger partial charge in [0.15, 0.2) is 0 Å². The topological polar surface area (TPSA) is 46.5 Å². The number of carbonyl (C=O) groups excluding carboxylic acids is 1. The first-order valence-corrected chi connectivity index (χ1v) is 4.50. The van der Waals surface area contributed by atoms with Crippen LogP contribution in [-0.4, -0.2) is 18.2 Å². The van der Waals surface area contributed by atoms with Crippen LogP contribution < -0.4 is 0 Å². The van der Waals surface area contributed by atoms with E-state index < -0.39 is 5.97 Å². The zero-order valence-corrected chi connectivity index (χ0v) is 9.02. The van der Waals surface area contributed by atoms with Crippen LogP contribution in [0.3, 0.4) is 0 Å². The Morgan fingerprint density at radius 2 is 2.23 bits per heavy atom. The smallest absolute Gasteiger partial charge is 0.343 e. The second-order valence-electron chi connectivity index (χ2n) is 2.24. The number of rotatable bonds is 1. The summed E-state index contributed by atoms with van der Waals surface area (Å²) in [6.45, 7) is 0. The monoisotopic (exact) mass is 264 g/mol. The predicted molar refractivity (Wildman–Crippen MR) is 52.2 cm³/mol. The third-order valence-electron chi connectivity index (χ3n) is 1.47. The number of phenolic OH excluding ortho intramolecular Hbond substituents is 1. The highest BCUT2D eigenvalue weighted by atomic mass is 79.9. The van der Waals surface area contributed by atoms with Gasteiger partial charge in [0.05, 0.1) is 16.6 Å². The maximum Gasteiger partial charge on any atom is 0.343 e. The van der Waals surface area contributed by atoms with Crippen molar-refractivity contribution in [3.8, 4) is 5.75 Å². The van der Waals surface area contributed by atoms with Gasteiger partial charge in [-0.25, -0.2) is 4.79 Å². The third-order valence-corrected chi connectivity index (χ3v) is 2.42. The summed E-state index contributed by atoms with van der Waals surface area (Å²) in [6.07, 6.45) is 0. The number of carbonyl (C=O) groups is 1. The maximum absolute atomic E-state index is 11.1. The summed E-state index contributed by atoms with van der Waals surface area (Å²) in [6, 6.07) is 3.04. The van der Waals surface area contributed by atoms with Gasteiger partial charge >= 0.3 is 5.97 Å². The summed E-state index contributed by atoms with van der Waals surface area (Å²) in [5.41, 5.74) is -0.0291. The Bertz CT molecular complexity index is 351. The van der Waals surface area contributed by atoms with Crippen LogP contribution in [0.25, 0.3) is 0 Å². The van der Waals surface area contributed by atoms with Crippen molar-refractivity contribution in [3.63, 3.8) is 0 Å². The van der Waals surface area contributed by atoms with Gasteiger partial charge < -0.3 is 9.84 Å². The average Bonchev–Trinajstić information content (AvgIpc) is 2.12. The Balaban J connectivity index is 3.33. The number of esters is 1. The van der Waals surface area contributed by atoms with Crippen LogP contribution in [0.2, 0.25) is 5.02 Å². The van der Waals surface area contributed by atoms with Gasteiger partial charge in [-0.15, -0.1) is 0 Å². The Labute approximate surface area is 88.4 Å². The van der Waals surface area contributed by atoms with Crippen molar-refractivity contribution < 1.29 is 14.6 Å². The molecule has 0 aromatic heterocycles. The third kappa shape index (κ3) is 1.95. The maximum atomic E-state index is 11.1. The normalized spacial score (nSPS) is 9.77. The van der Waals surface area contributed by atoms with E-state index >= 15 is 0 Å². The van der Waals surface area contributed by atoms with Gasteiger partial charge in [-0.05, 0) is 28.1 Å². The van der Waals surface area contributed by atoms with Crippen molar-refractivity contribution in [2.45, 2.75) is 0 Å². The number of benzene rings is 1. The highest BCUT2D eigenvalue weighted by molar-refractivity contribution is 9.10. The summed E-state index contributed by atoms with van der Waals surface area (Å²) >= 11 is 8.75. The summed E-state index contributed by atoms with van der Waals surface area (Å²) in [5, 5.41) is 9.61. The van der Waals surface area contributed by atoms with Gasteiger partial charge in [0.25, 0.3) is 0 Å². The molecule has 0 saturated carbocycles. The lowest BCUT2D eigenvalue weighted by Crippen LogP contribution is -2.02. The van der Waals surface area contributed by atoms with E-state index in [-0.39, 0.29) is 16.3 Å². The number of hydrogen-bond acceptors (Lipinski definition) is 3. The molecule has 1 aromatic rings. The van der Waals surface area contributed by atoms with E-state index in [4.69, 9.17) is 11.6 Å². The largest absolute Gasteiger partial charge is 0.506 e. The zero-order chi connectivity index (χ0) is 10.0. The summed E-state index contributed by atoms with van der Waals surface area (Å²) in [5.74, 6) is -0.872. The van der Waals surface area contributed by atoms with E-state index in [2.05, 4.69) is 20.7 Å². The van der Waals surface area contributed by atoms with Gasteiger partial charge in [-0.2, -0.15) is 0 Å². The van der Waals surface area contributed by atoms with Gasteiger partial charge in [-0.1, -0.05) is 11.6 Å². The molecule has 1 rings (SSSR count). The molecule has 1 N–H and O–H groups in total. The lowest BCUT2D eigenvalue weighted by Gasteiger charge is -2.05. The number of ether oxygens (including phenoxy) is 1. The average molecular weight is 265 g/mol. The lowest BCUT2D eigenvalue weighted by molar-refractivity contribution is 0.0597. The molecule has 0 heterocycles. The second kappa shape index (κ2) is 3.98. The summed E-state index contributed by atoms with van der Waals surface area (Å²) in [4.78, 5) is 11.1. The first kappa shape index (κ1) is 10.3. The van der Waals surface area contributed by atoms with E-state index in [1.165, 1.54) is 13.2 Å². The van der Waals surface area contributed by atoms with Crippen LogP contribution in [0.1, 0.15) is 10.4 Å². The van der Waals surface area contributed by atoms with E-state index in [0.717, 1.165) is 0 Å². The molecule has 0 unspecified atom stereocenters. The molecule has 0 bridgehead atoms. The van der Waals surface area contributed by atoms with Crippen molar-refractivity contribution >= 4 is 33.5 Å². The van der Waals surface area contributed by atoms with E-state index in [1.807, 2.05) is 0 Å². The van der Waals surface area contributed by atoms with Gasteiger partial charge in [0.2, 0.25) is 0 Å². The molecule has 0 spiro atoms. The van der Waals surface area contributed by atoms with Crippen molar-refractivity contribution in [2.75, 3.05) is 7.11 Å². The Morgan fingerprint density at radius 1 is 1.62 bits per heavy atom. The number of halogens is 2. The minimum Gasteiger partial charge on any atom is -0.506 e. The molecule has 0 atom stereocenters. The molecule has 0 fully saturated rings. The SMILES string of the molecule is COC(=O)c1c(Cl)ccc(Br)c1O. The second-order valence-corrected chi connectivity index (χ2v) is 3.51. The number of phenols is 1. The van der Waals surface area contributed by atoms with Crippen LogP contribution in [0, 0.1) is 0 Å². The van der Waals surface area contributed by atoms with E-state index in [9.17, 15) is 9.90 Å². The summed E-state index contributed by atoms with van der Waals surface area (Å²) < 4.78 is 4.85. The molecule has 13 heavy (non-hydrogen) atoms. The molecular formula is C8H6BrClO3. The van der Waals surface area contributed by atoms with Crippen LogP contribution in [-0.2, 0) is 4.74 Å². The fourth-order valence-electron chi connectivity index (χ4n) is 0.837. The number of methoxy groups -OCH3 is 1. The molecule has 0 amide bonds. The minimum absolute atomic E-state index is 0.0291. The first-order valence-electron chi connectivity index (χ1n) is 3.33. The Kier molecular flexibility index (Phi) is 3.17. The zero-order valence-electron chi connectivity index (χ0n) is 6.67. The van der Waals surface area contributed by atoms with Crippen molar-refractivity contribution in [1.82, 2.24) is 0 Å². The quantitative estimate of drug-likeness (QED) is 0.794.